The molecule has 2 amide bonds. The number of esters is 2. The fraction of sp³-hybridized carbons (Fsp3) is 0.452. The topological polar surface area (TPSA) is 128 Å². The average Bonchev–Trinajstić information content (AvgIpc) is 2.94. The number of amides is 2. The van der Waals surface area contributed by atoms with Crippen LogP contribution >= 0.6 is 0 Å². The van der Waals surface area contributed by atoms with E-state index in [9.17, 15) is 24.0 Å². The lowest BCUT2D eigenvalue weighted by molar-refractivity contribution is -0.150. The van der Waals surface area contributed by atoms with Crippen LogP contribution in [0.3, 0.4) is 0 Å². The number of ether oxygens (including phenoxy) is 2. The van der Waals surface area contributed by atoms with Crippen LogP contribution in [0, 0.1) is 11.8 Å². The van der Waals surface area contributed by atoms with Gasteiger partial charge in [-0.1, -0.05) is 88.4 Å². The Hall–Kier alpha value is -4.01. The van der Waals surface area contributed by atoms with Crippen molar-refractivity contribution < 1.29 is 33.4 Å². The van der Waals surface area contributed by atoms with E-state index in [1.807, 2.05) is 60.7 Å². The second-order valence-corrected chi connectivity index (χ2v) is 10.3. The summed E-state index contributed by atoms with van der Waals surface area (Å²) in [6, 6.07) is 16.8. The van der Waals surface area contributed by atoms with Crippen LogP contribution in [-0.2, 0) is 46.7 Å². The Labute approximate surface area is 236 Å². The van der Waals surface area contributed by atoms with Gasteiger partial charge in [0.25, 0.3) is 0 Å². The summed E-state index contributed by atoms with van der Waals surface area (Å²) in [5.41, 5.74) is 1.67. The minimum absolute atomic E-state index is 0.0737. The van der Waals surface area contributed by atoms with Crippen molar-refractivity contribution in [3.63, 3.8) is 0 Å². The number of Topliss-reactive ketones (excluding diaryl/α,β-unsaturated/α-hetero) is 1. The van der Waals surface area contributed by atoms with Gasteiger partial charge in [0.15, 0.2) is 0 Å². The molecule has 2 aromatic carbocycles. The third-order valence-corrected chi connectivity index (χ3v) is 6.18. The summed E-state index contributed by atoms with van der Waals surface area (Å²) >= 11 is 0. The highest BCUT2D eigenvalue weighted by Gasteiger charge is 2.27. The molecule has 0 fully saturated rings. The molecule has 0 aliphatic rings. The fourth-order valence-corrected chi connectivity index (χ4v) is 3.75. The van der Waals surface area contributed by atoms with Crippen LogP contribution in [0.4, 0.5) is 0 Å². The number of benzene rings is 2. The van der Waals surface area contributed by atoms with Crippen LogP contribution in [-0.4, -0.2) is 41.6 Å². The predicted molar refractivity (Wildman–Crippen MR) is 149 cm³/mol. The Morgan fingerprint density at radius 2 is 0.925 bits per heavy atom. The second kappa shape index (κ2) is 16.8. The van der Waals surface area contributed by atoms with Gasteiger partial charge in [-0.2, -0.15) is 0 Å². The van der Waals surface area contributed by atoms with Crippen LogP contribution in [0.2, 0.25) is 0 Å². The summed E-state index contributed by atoms with van der Waals surface area (Å²) in [6.07, 6.45) is -0.377. The minimum atomic E-state index is -0.841. The molecule has 0 saturated carbocycles. The van der Waals surface area contributed by atoms with E-state index in [0.29, 0.717) is 0 Å². The van der Waals surface area contributed by atoms with Gasteiger partial charge in [0.05, 0.1) is 0 Å². The molecule has 0 aliphatic carbocycles. The molecular formula is C31H40N2O7. The van der Waals surface area contributed by atoms with Gasteiger partial charge in [-0.3, -0.25) is 14.4 Å². The predicted octanol–water partition coefficient (Wildman–Crippen LogP) is 3.88. The normalized spacial score (nSPS) is 12.3. The molecule has 0 saturated heterocycles. The lowest BCUT2D eigenvalue weighted by Gasteiger charge is -2.21. The van der Waals surface area contributed by atoms with Crippen molar-refractivity contribution in [3.05, 3.63) is 71.8 Å². The molecule has 2 aromatic rings. The van der Waals surface area contributed by atoms with Gasteiger partial charge >= 0.3 is 11.9 Å². The van der Waals surface area contributed by atoms with Gasteiger partial charge in [0.2, 0.25) is 11.8 Å². The SMILES string of the molecule is CC(C)[C@H](NC(=O)CCC(=O)CCC(=O)N[C@H](C(=O)OCc1ccccc1)C(C)C)C(=O)OCc1ccccc1. The number of nitrogens with one attached hydrogen (secondary N) is 2. The molecule has 40 heavy (non-hydrogen) atoms. The summed E-state index contributed by atoms with van der Waals surface area (Å²) < 4.78 is 10.7. The standard InChI is InChI=1S/C31H40N2O7/c1-21(2)28(30(37)39-19-23-11-7-5-8-12-23)32-26(35)17-15-25(34)16-18-27(36)33-29(22(3)4)31(38)40-20-24-13-9-6-10-14-24/h5-14,21-22,28-29H,15-20H2,1-4H3,(H,32,35)(H,33,36)/t28-,29-/m0/s1. The van der Waals surface area contributed by atoms with E-state index in [-0.39, 0.29) is 56.5 Å². The van der Waals surface area contributed by atoms with Crippen molar-refractivity contribution in [1.29, 1.82) is 0 Å². The van der Waals surface area contributed by atoms with E-state index in [2.05, 4.69) is 10.6 Å². The van der Waals surface area contributed by atoms with E-state index in [1.54, 1.807) is 27.7 Å². The van der Waals surface area contributed by atoms with Crippen molar-refractivity contribution in [3.8, 4) is 0 Å². The molecule has 0 bridgehead atoms. The van der Waals surface area contributed by atoms with Crippen molar-refractivity contribution >= 4 is 29.5 Å². The van der Waals surface area contributed by atoms with E-state index < -0.39 is 35.8 Å². The summed E-state index contributed by atoms with van der Waals surface area (Å²) in [4.78, 5) is 62.3. The second-order valence-electron chi connectivity index (χ2n) is 10.3. The third-order valence-electron chi connectivity index (χ3n) is 6.18. The molecule has 0 aliphatic heterocycles. The molecule has 0 heterocycles. The summed E-state index contributed by atoms with van der Waals surface area (Å²) in [6.45, 7) is 7.37. The molecular weight excluding hydrogens is 512 g/mol. The number of carbonyl (C=O) groups is 5. The van der Waals surface area contributed by atoms with Crippen molar-refractivity contribution in [1.82, 2.24) is 10.6 Å². The Morgan fingerprint density at radius 1 is 0.575 bits per heavy atom. The third kappa shape index (κ3) is 11.8. The van der Waals surface area contributed by atoms with Gasteiger partial charge in [0, 0.05) is 25.7 Å². The number of ketones is 1. The highest BCUT2D eigenvalue weighted by molar-refractivity contribution is 5.90. The van der Waals surface area contributed by atoms with Crippen molar-refractivity contribution in [2.24, 2.45) is 11.8 Å². The van der Waals surface area contributed by atoms with Gasteiger partial charge in [-0.15, -0.1) is 0 Å². The first-order valence-corrected chi connectivity index (χ1v) is 13.6. The molecule has 2 rings (SSSR count). The first-order valence-electron chi connectivity index (χ1n) is 13.6. The molecule has 2 atom stereocenters. The van der Waals surface area contributed by atoms with Crippen LogP contribution in [0.15, 0.2) is 60.7 Å². The summed E-state index contributed by atoms with van der Waals surface area (Å²) in [7, 11) is 0. The molecule has 0 unspecified atom stereocenters. The minimum Gasteiger partial charge on any atom is -0.459 e. The van der Waals surface area contributed by atoms with E-state index in [1.165, 1.54) is 0 Å². The smallest absolute Gasteiger partial charge is 0.329 e. The summed E-state index contributed by atoms with van der Waals surface area (Å²) in [5.74, 6) is -2.68. The van der Waals surface area contributed by atoms with Crippen LogP contribution < -0.4 is 10.6 Å². The molecule has 9 nitrogen and oxygen atoms in total. The van der Waals surface area contributed by atoms with Crippen molar-refractivity contribution in [2.75, 3.05) is 0 Å². The summed E-state index contributed by atoms with van der Waals surface area (Å²) in [5, 5.41) is 5.30. The maximum absolute atomic E-state index is 12.5. The highest BCUT2D eigenvalue weighted by atomic mass is 16.5. The first-order chi connectivity index (χ1) is 19.1. The Bertz CT molecular complexity index is 1030. The average molecular weight is 553 g/mol. The zero-order valence-corrected chi connectivity index (χ0v) is 23.7. The van der Waals surface area contributed by atoms with Crippen LogP contribution in [0.1, 0.15) is 64.5 Å². The van der Waals surface area contributed by atoms with E-state index >= 15 is 0 Å². The molecule has 0 spiro atoms. The van der Waals surface area contributed by atoms with Gasteiger partial charge in [0.1, 0.15) is 31.1 Å². The lowest BCUT2D eigenvalue weighted by Crippen LogP contribution is -2.45. The lowest BCUT2D eigenvalue weighted by atomic mass is 10.0. The molecule has 0 radical (unpaired) electrons. The van der Waals surface area contributed by atoms with E-state index in [0.717, 1.165) is 11.1 Å². The molecule has 2 N–H and O–H groups in total. The molecule has 216 valence electrons. The maximum atomic E-state index is 12.5. The Balaban J connectivity index is 1.73. The van der Waals surface area contributed by atoms with E-state index in [4.69, 9.17) is 9.47 Å². The highest BCUT2D eigenvalue weighted by Crippen LogP contribution is 2.10. The molecule has 0 aromatic heterocycles. The number of hydrogen-bond donors (Lipinski definition) is 2. The van der Waals surface area contributed by atoms with Gasteiger partial charge in [-0.05, 0) is 23.0 Å². The van der Waals surface area contributed by atoms with Crippen molar-refractivity contribution in [2.45, 2.75) is 78.7 Å². The maximum Gasteiger partial charge on any atom is 0.329 e. The number of carbonyl (C=O) groups excluding carboxylic acids is 5. The monoisotopic (exact) mass is 552 g/mol. The first kappa shape index (κ1) is 32.2. The van der Waals surface area contributed by atoms with Crippen LogP contribution in [0.25, 0.3) is 0 Å². The van der Waals surface area contributed by atoms with Gasteiger partial charge < -0.3 is 20.1 Å². The quantitative estimate of drug-likeness (QED) is 0.303. The van der Waals surface area contributed by atoms with Crippen LogP contribution in [0.5, 0.6) is 0 Å². The molecule has 9 heteroatoms. The fourth-order valence-electron chi connectivity index (χ4n) is 3.75. The zero-order chi connectivity index (χ0) is 29.5. The Morgan fingerprint density at radius 3 is 1.25 bits per heavy atom. The largest absolute Gasteiger partial charge is 0.459 e. The van der Waals surface area contributed by atoms with Gasteiger partial charge in [-0.25, -0.2) is 9.59 Å². The zero-order valence-electron chi connectivity index (χ0n) is 23.7. The Kier molecular flexibility index (Phi) is 13.6. The number of rotatable bonds is 16. The number of hydrogen-bond acceptors (Lipinski definition) is 7.